The molecule has 19 heavy (non-hydrogen) atoms. The number of hydrogen-bond acceptors (Lipinski definition) is 3. The fourth-order valence-electron chi connectivity index (χ4n) is 2.73. The Bertz CT molecular complexity index is 472. The first-order chi connectivity index (χ1) is 9.25. The Labute approximate surface area is 112 Å². The van der Waals surface area contributed by atoms with Gasteiger partial charge in [-0.3, -0.25) is 4.90 Å². The van der Waals surface area contributed by atoms with Gasteiger partial charge in [0.15, 0.2) is 0 Å². The van der Waals surface area contributed by atoms with Crippen molar-refractivity contribution in [2.24, 2.45) is 5.73 Å². The van der Waals surface area contributed by atoms with Gasteiger partial charge in [-0.25, -0.2) is 4.79 Å². The fraction of sp³-hybridized carbons (Fsp3) is 0.500. The number of carbonyl (C=O) groups is 1. The minimum Gasteiger partial charge on any atom is -0.378 e. The van der Waals surface area contributed by atoms with Crippen molar-refractivity contribution in [3.8, 4) is 0 Å². The summed E-state index contributed by atoms with van der Waals surface area (Å²) < 4.78 is 5.29. The average molecular weight is 261 g/mol. The summed E-state index contributed by atoms with van der Waals surface area (Å²) in [6.45, 7) is 3.15. The molecule has 5 nitrogen and oxygen atoms in total. The number of amides is 2. The van der Waals surface area contributed by atoms with E-state index >= 15 is 0 Å². The predicted octanol–water partition coefficient (Wildman–Crippen LogP) is 0.829. The zero-order valence-corrected chi connectivity index (χ0v) is 10.9. The third kappa shape index (κ3) is 2.43. The number of urea groups is 1. The minimum atomic E-state index is 0.0138. The van der Waals surface area contributed by atoms with Gasteiger partial charge in [-0.1, -0.05) is 18.2 Å². The lowest BCUT2D eigenvalue weighted by molar-refractivity contribution is 0.0547. The van der Waals surface area contributed by atoms with Crippen LogP contribution in [0.25, 0.3) is 0 Å². The second kappa shape index (κ2) is 5.19. The molecular weight excluding hydrogens is 242 g/mol. The number of para-hydroxylation sites is 1. The maximum absolute atomic E-state index is 12.6. The highest BCUT2D eigenvalue weighted by Gasteiger charge is 2.30. The molecule has 3 rings (SSSR count). The summed E-state index contributed by atoms with van der Waals surface area (Å²) in [7, 11) is 0. The molecular formula is C14H19N3O2. The monoisotopic (exact) mass is 261 g/mol. The third-order valence-corrected chi connectivity index (χ3v) is 3.69. The lowest BCUT2D eigenvalue weighted by Gasteiger charge is -2.37. The number of rotatable bonds is 0. The number of ether oxygens (including phenoxy) is 1. The molecule has 0 aliphatic carbocycles. The number of anilines is 1. The van der Waals surface area contributed by atoms with Gasteiger partial charge in [0.1, 0.15) is 0 Å². The topological polar surface area (TPSA) is 58.8 Å². The van der Waals surface area contributed by atoms with Crippen molar-refractivity contribution in [3.63, 3.8) is 0 Å². The minimum absolute atomic E-state index is 0.0138. The molecule has 2 aliphatic heterocycles. The molecule has 2 N–H and O–H groups in total. The molecule has 5 heteroatoms. The quantitative estimate of drug-likeness (QED) is 0.752. The molecule has 2 heterocycles. The second-order valence-electron chi connectivity index (χ2n) is 5.09. The molecule has 1 aromatic rings. The van der Waals surface area contributed by atoms with Gasteiger partial charge in [0.25, 0.3) is 0 Å². The van der Waals surface area contributed by atoms with Gasteiger partial charge in [0, 0.05) is 31.4 Å². The summed E-state index contributed by atoms with van der Waals surface area (Å²) in [6, 6.07) is 8.07. The molecule has 0 bridgehead atoms. The van der Waals surface area contributed by atoms with Crippen LogP contribution in [0.15, 0.2) is 24.3 Å². The summed E-state index contributed by atoms with van der Waals surface area (Å²) in [5.74, 6) is 0. The standard InChI is InChI=1S/C14H19N3O2/c15-12-9-11-3-1-2-4-13(11)17(10-12)14(18)16-5-7-19-8-6-16/h1-4,12H,5-10,15H2. The molecule has 0 radical (unpaired) electrons. The van der Waals surface area contributed by atoms with Crippen LogP contribution in [0, 0.1) is 0 Å². The van der Waals surface area contributed by atoms with Gasteiger partial charge in [-0.05, 0) is 18.1 Å². The van der Waals surface area contributed by atoms with Crippen LogP contribution in [-0.2, 0) is 11.2 Å². The van der Waals surface area contributed by atoms with Crippen molar-refractivity contribution in [2.75, 3.05) is 37.7 Å². The molecule has 0 saturated carbocycles. The van der Waals surface area contributed by atoms with Crippen molar-refractivity contribution in [3.05, 3.63) is 29.8 Å². The summed E-state index contributed by atoms with van der Waals surface area (Å²) in [5.41, 5.74) is 8.23. The van der Waals surface area contributed by atoms with E-state index in [9.17, 15) is 4.79 Å². The van der Waals surface area contributed by atoms with Crippen molar-refractivity contribution in [1.29, 1.82) is 0 Å². The molecule has 102 valence electrons. The van der Waals surface area contributed by atoms with E-state index in [0.717, 1.165) is 17.7 Å². The van der Waals surface area contributed by atoms with E-state index in [1.165, 1.54) is 0 Å². The average Bonchev–Trinajstić information content (AvgIpc) is 2.46. The van der Waals surface area contributed by atoms with E-state index in [0.29, 0.717) is 32.8 Å². The molecule has 1 unspecified atom stereocenters. The van der Waals surface area contributed by atoms with E-state index in [2.05, 4.69) is 0 Å². The van der Waals surface area contributed by atoms with Crippen molar-refractivity contribution < 1.29 is 9.53 Å². The Hall–Kier alpha value is -1.59. The van der Waals surface area contributed by atoms with Gasteiger partial charge in [0.05, 0.1) is 13.2 Å². The zero-order valence-electron chi connectivity index (χ0n) is 10.9. The van der Waals surface area contributed by atoms with Crippen LogP contribution in [0.3, 0.4) is 0 Å². The van der Waals surface area contributed by atoms with Crippen LogP contribution < -0.4 is 10.6 Å². The first-order valence-electron chi connectivity index (χ1n) is 6.73. The van der Waals surface area contributed by atoms with E-state index < -0.39 is 0 Å². The maximum atomic E-state index is 12.6. The lowest BCUT2D eigenvalue weighted by Crippen LogP contribution is -2.53. The Morgan fingerprint density at radius 3 is 2.79 bits per heavy atom. The van der Waals surface area contributed by atoms with E-state index in [-0.39, 0.29) is 12.1 Å². The molecule has 2 amide bonds. The fourth-order valence-corrected chi connectivity index (χ4v) is 2.73. The Morgan fingerprint density at radius 1 is 1.26 bits per heavy atom. The van der Waals surface area contributed by atoms with Crippen LogP contribution in [-0.4, -0.2) is 49.8 Å². The van der Waals surface area contributed by atoms with Crippen LogP contribution in [0.1, 0.15) is 5.56 Å². The van der Waals surface area contributed by atoms with E-state index in [1.807, 2.05) is 34.1 Å². The largest absolute Gasteiger partial charge is 0.378 e. The van der Waals surface area contributed by atoms with Gasteiger partial charge in [-0.15, -0.1) is 0 Å². The maximum Gasteiger partial charge on any atom is 0.324 e. The summed E-state index contributed by atoms with van der Waals surface area (Å²) in [4.78, 5) is 16.3. The number of benzene rings is 1. The highest BCUT2D eigenvalue weighted by atomic mass is 16.5. The van der Waals surface area contributed by atoms with Crippen LogP contribution in [0.5, 0.6) is 0 Å². The number of carbonyl (C=O) groups excluding carboxylic acids is 1. The van der Waals surface area contributed by atoms with Gasteiger partial charge in [-0.2, -0.15) is 0 Å². The smallest absolute Gasteiger partial charge is 0.324 e. The zero-order chi connectivity index (χ0) is 13.2. The molecule has 0 aromatic heterocycles. The summed E-state index contributed by atoms with van der Waals surface area (Å²) in [5, 5.41) is 0. The van der Waals surface area contributed by atoms with Crippen LogP contribution in [0.2, 0.25) is 0 Å². The number of morpholine rings is 1. The van der Waals surface area contributed by atoms with Gasteiger partial charge in [0.2, 0.25) is 0 Å². The highest BCUT2D eigenvalue weighted by Crippen LogP contribution is 2.27. The van der Waals surface area contributed by atoms with E-state index in [1.54, 1.807) is 0 Å². The highest BCUT2D eigenvalue weighted by molar-refractivity contribution is 5.93. The normalized spacial score (nSPS) is 23.1. The van der Waals surface area contributed by atoms with E-state index in [4.69, 9.17) is 10.5 Å². The number of nitrogens with two attached hydrogens (primary N) is 1. The predicted molar refractivity (Wildman–Crippen MR) is 73.3 cm³/mol. The SMILES string of the molecule is NC1Cc2ccccc2N(C(=O)N2CCOCC2)C1. The van der Waals surface area contributed by atoms with Crippen molar-refractivity contribution in [1.82, 2.24) is 4.90 Å². The van der Waals surface area contributed by atoms with Crippen LogP contribution in [0.4, 0.5) is 10.5 Å². The Balaban J connectivity index is 1.85. The lowest BCUT2D eigenvalue weighted by atomic mass is 9.99. The molecule has 1 saturated heterocycles. The van der Waals surface area contributed by atoms with Gasteiger partial charge >= 0.3 is 6.03 Å². The number of nitrogens with zero attached hydrogens (tertiary/aromatic N) is 2. The molecule has 2 aliphatic rings. The van der Waals surface area contributed by atoms with Crippen molar-refractivity contribution >= 4 is 11.7 Å². The Morgan fingerprint density at radius 2 is 2.00 bits per heavy atom. The van der Waals surface area contributed by atoms with Crippen molar-refractivity contribution in [2.45, 2.75) is 12.5 Å². The van der Waals surface area contributed by atoms with Crippen LogP contribution >= 0.6 is 0 Å². The first-order valence-corrected chi connectivity index (χ1v) is 6.73. The second-order valence-corrected chi connectivity index (χ2v) is 5.09. The number of hydrogen-bond donors (Lipinski definition) is 1. The third-order valence-electron chi connectivity index (χ3n) is 3.69. The Kier molecular flexibility index (Phi) is 3.40. The number of fused-ring (bicyclic) bond motifs is 1. The molecule has 1 aromatic carbocycles. The summed E-state index contributed by atoms with van der Waals surface area (Å²) in [6.07, 6.45) is 0.836. The van der Waals surface area contributed by atoms with Gasteiger partial charge < -0.3 is 15.4 Å². The molecule has 1 atom stereocenters. The molecule has 1 fully saturated rings. The first kappa shape index (κ1) is 12.4. The molecule has 0 spiro atoms. The summed E-state index contributed by atoms with van der Waals surface area (Å²) >= 11 is 0.